The zero-order chi connectivity index (χ0) is 13.5. The first kappa shape index (κ1) is 12.0. The SMILES string of the molecule is Brc1ccc2cc(-n3ccnc3NC3CC3)ccc2c1. The van der Waals surface area contributed by atoms with Crippen LogP contribution in [-0.4, -0.2) is 15.6 Å². The number of fused-ring (bicyclic) bond motifs is 1. The van der Waals surface area contributed by atoms with Crippen LogP contribution in [0.15, 0.2) is 53.3 Å². The number of aromatic nitrogens is 2. The molecule has 1 N–H and O–H groups in total. The largest absolute Gasteiger partial charge is 0.353 e. The van der Waals surface area contributed by atoms with Gasteiger partial charge in [-0.25, -0.2) is 4.98 Å². The minimum Gasteiger partial charge on any atom is -0.353 e. The summed E-state index contributed by atoms with van der Waals surface area (Å²) in [5, 5.41) is 5.93. The Kier molecular flexibility index (Phi) is 2.77. The second-order valence-corrected chi connectivity index (χ2v) is 6.13. The Bertz CT molecular complexity index is 774. The predicted octanol–water partition coefficient (Wildman–Crippen LogP) is 4.36. The van der Waals surface area contributed by atoms with Crippen molar-refractivity contribution >= 4 is 32.7 Å². The number of halogens is 1. The zero-order valence-corrected chi connectivity index (χ0v) is 12.5. The van der Waals surface area contributed by atoms with E-state index in [0.29, 0.717) is 6.04 Å². The van der Waals surface area contributed by atoms with Gasteiger partial charge >= 0.3 is 0 Å². The van der Waals surface area contributed by atoms with Crippen LogP contribution in [0.1, 0.15) is 12.8 Å². The van der Waals surface area contributed by atoms with Gasteiger partial charge in [0.15, 0.2) is 0 Å². The van der Waals surface area contributed by atoms with Crippen molar-refractivity contribution in [2.45, 2.75) is 18.9 Å². The molecule has 0 aliphatic heterocycles. The van der Waals surface area contributed by atoms with E-state index in [1.807, 2.05) is 12.4 Å². The third-order valence-electron chi connectivity index (χ3n) is 3.62. The molecule has 3 nitrogen and oxygen atoms in total. The van der Waals surface area contributed by atoms with Gasteiger partial charge in [-0.15, -0.1) is 0 Å². The van der Waals surface area contributed by atoms with Crippen molar-refractivity contribution in [2.75, 3.05) is 5.32 Å². The number of rotatable bonds is 3. The third-order valence-corrected chi connectivity index (χ3v) is 4.11. The number of anilines is 1. The molecule has 0 atom stereocenters. The molecule has 2 aromatic carbocycles. The standard InChI is InChI=1S/C16H14BrN3/c17-13-3-1-12-10-15(6-2-11(12)9-13)20-8-7-18-16(20)19-14-4-5-14/h1-3,6-10,14H,4-5H2,(H,18,19). The topological polar surface area (TPSA) is 29.9 Å². The van der Waals surface area contributed by atoms with Crippen LogP contribution in [0.25, 0.3) is 16.5 Å². The quantitative estimate of drug-likeness (QED) is 0.774. The summed E-state index contributed by atoms with van der Waals surface area (Å²) in [6, 6.07) is 13.4. The number of benzene rings is 2. The third kappa shape index (κ3) is 2.20. The average Bonchev–Trinajstić information content (AvgIpc) is 3.14. The van der Waals surface area contributed by atoms with Crippen LogP contribution in [0.5, 0.6) is 0 Å². The summed E-state index contributed by atoms with van der Waals surface area (Å²) < 4.78 is 3.22. The minimum atomic E-state index is 0.604. The smallest absolute Gasteiger partial charge is 0.207 e. The highest BCUT2D eigenvalue weighted by Crippen LogP contribution is 2.27. The van der Waals surface area contributed by atoms with Gasteiger partial charge in [-0.1, -0.05) is 28.1 Å². The summed E-state index contributed by atoms with van der Waals surface area (Å²) in [6.45, 7) is 0. The number of nitrogens with one attached hydrogen (secondary N) is 1. The summed E-state index contributed by atoms with van der Waals surface area (Å²) in [5.41, 5.74) is 1.14. The first-order valence-electron chi connectivity index (χ1n) is 6.79. The van der Waals surface area contributed by atoms with Crippen LogP contribution < -0.4 is 5.32 Å². The van der Waals surface area contributed by atoms with Gasteiger partial charge in [-0.3, -0.25) is 4.57 Å². The van der Waals surface area contributed by atoms with E-state index >= 15 is 0 Å². The van der Waals surface area contributed by atoms with Crippen molar-refractivity contribution in [3.05, 3.63) is 53.3 Å². The molecule has 0 unspecified atom stereocenters. The maximum Gasteiger partial charge on any atom is 0.207 e. The van der Waals surface area contributed by atoms with Crippen LogP contribution in [0.4, 0.5) is 5.95 Å². The van der Waals surface area contributed by atoms with Crippen molar-refractivity contribution < 1.29 is 0 Å². The highest BCUT2D eigenvalue weighted by atomic mass is 79.9. The molecular formula is C16H14BrN3. The van der Waals surface area contributed by atoms with E-state index < -0.39 is 0 Å². The molecule has 1 aliphatic carbocycles. The first-order valence-corrected chi connectivity index (χ1v) is 7.58. The highest BCUT2D eigenvalue weighted by molar-refractivity contribution is 9.10. The lowest BCUT2D eigenvalue weighted by atomic mass is 10.1. The van der Waals surface area contributed by atoms with E-state index in [-0.39, 0.29) is 0 Å². The summed E-state index contributed by atoms with van der Waals surface area (Å²) in [4.78, 5) is 4.41. The van der Waals surface area contributed by atoms with Gasteiger partial charge < -0.3 is 5.32 Å². The molecule has 0 bridgehead atoms. The Morgan fingerprint density at radius 1 is 1.10 bits per heavy atom. The summed E-state index contributed by atoms with van der Waals surface area (Å²) in [5.74, 6) is 0.934. The Labute approximate surface area is 125 Å². The van der Waals surface area contributed by atoms with Crippen LogP contribution in [0.2, 0.25) is 0 Å². The lowest BCUT2D eigenvalue weighted by molar-refractivity contribution is 1.00. The predicted molar refractivity (Wildman–Crippen MR) is 85.4 cm³/mol. The van der Waals surface area contributed by atoms with Gasteiger partial charge in [0.25, 0.3) is 0 Å². The Morgan fingerprint density at radius 2 is 1.90 bits per heavy atom. The van der Waals surface area contributed by atoms with E-state index in [1.54, 1.807) is 0 Å². The molecule has 100 valence electrons. The van der Waals surface area contributed by atoms with E-state index in [2.05, 4.69) is 67.2 Å². The second-order valence-electron chi connectivity index (χ2n) is 5.22. The Morgan fingerprint density at radius 3 is 2.75 bits per heavy atom. The number of hydrogen-bond acceptors (Lipinski definition) is 2. The van der Waals surface area contributed by atoms with Crippen LogP contribution >= 0.6 is 15.9 Å². The highest BCUT2D eigenvalue weighted by Gasteiger charge is 2.22. The van der Waals surface area contributed by atoms with E-state index in [1.165, 1.54) is 23.6 Å². The molecule has 0 spiro atoms. The summed E-state index contributed by atoms with van der Waals surface area (Å²) in [7, 11) is 0. The molecule has 20 heavy (non-hydrogen) atoms. The number of hydrogen-bond donors (Lipinski definition) is 1. The monoisotopic (exact) mass is 327 g/mol. The van der Waals surface area contributed by atoms with Gasteiger partial charge in [-0.2, -0.15) is 0 Å². The lowest BCUT2D eigenvalue weighted by Gasteiger charge is -2.10. The fourth-order valence-electron chi connectivity index (χ4n) is 2.38. The molecule has 1 heterocycles. The fourth-order valence-corrected chi connectivity index (χ4v) is 2.76. The van der Waals surface area contributed by atoms with Crippen LogP contribution in [-0.2, 0) is 0 Å². The number of nitrogens with zero attached hydrogens (tertiary/aromatic N) is 2. The summed E-state index contributed by atoms with van der Waals surface area (Å²) in [6.07, 6.45) is 6.35. The maximum absolute atomic E-state index is 4.41. The molecule has 1 saturated carbocycles. The van der Waals surface area contributed by atoms with Crippen LogP contribution in [0.3, 0.4) is 0 Å². The molecule has 1 aliphatic rings. The molecule has 3 aromatic rings. The van der Waals surface area contributed by atoms with Crippen molar-refractivity contribution in [1.29, 1.82) is 0 Å². The van der Waals surface area contributed by atoms with E-state index in [9.17, 15) is 0 Å². The van der Waals surface area contributed by atoms with Gasteiger partial charge in [-0.05, 0) is 47.9 Å². The van der Waals surface area contributed by atoms with Crippen molar-refractivity contribution in [1.82, 2.24) is 9.55 Å². The van der Waals surface area contributed by atoms with Gasteiger partial charge in [0.2, 0.25) is 5.95 Å². The molecule has 0 saturated heterocycles. The Hall–Kier alpha value is -1.81. The Balaban J connectivity index is 1.77. The molecule has 0 radical (unpaired) electrons. The first-order chi connectivity index (χ1) is 9.79. The average molecular weight is 328 g/mol. The molecule has 0 amide bonds. The zero-order valence-electron chi connectivity index (χ0n) is 10.9. The fraction of sp³-hybridized carbons (Fsp3) is 0.188. The molecule has 1 aromatic heterocycles. The second kappa shape index (κ2) is 4.63. The van der Waals surface area contributed by atoms with Gasteiger partial charge in [0.05, 0.1) is 0 Å². The molecule has 1 fully saturated rings. The number of imidazole rings is 1. The molecular weight excluding hydrogens is 314 g/mol. The van der Waals surface area contributed by atoms with Gasteiger partial charge in [0, 0.05) is 28.6 Å². The normalized spacial score (nSPS) is 14.7. The lowest BCUT2D eigenvalue weighted by Crippen LogP contribution is -2.07. The molecule has 4 rings (SSSR count). The van der Waals surface area contributed by atoms with Gasteiger partial charge in [0.1, 0.15) is 0 Å². The molecule has 4 heteroatoms. The maximum atomic E-state index is 4.41. The van der Waals surface area contributed by atoms with Crippen molar-refractivity contribution in [2.24, 2.45) is 0 Å². The van der Waals surface area contributed by atoms with Crippen LogP contribution in [0, 0.1) is 0 Å². The minimum absolute atomic E-state index is 0.604. The summed E-state index contributed by atoms with van der Waals surface area (Å²) >= 11 is 3.51. The van der Waals surface area contributed by atoms with E-state index in [0.717, 1.165) is 16.1 Å². The van der Waals surface area contributed by atoms with Crippen molar-refractivity contribution in [3.63, 3.8) is 0 Å². The van der Waals surface area contributed by atoms with E-state index in [4.69, 9.17) is 0 Å². The van der Waals surface area contributed by atoms with Crippen molar-refractivity contribution in [3.8, 4) is 5.69 Å².